The first-order valence-corrected chi connectivity index (χ1v) is 14.0. The van der Waals surface area contributed by atoms with Crippen LogP contribution in [0.1, 0.15) is 48.2 Å². The van der Waals surface area contributed by atoms with Gasteiger partial charge < -0.3 is 0 Å². The van der Waals surface area contributed by atoms with E-state index in [1.54, 1.807) is 0 Å². The molecule has 0 N–H and O–H groups in total. The van der Waals surface area contributed by atoms with Gasteiger partial charge in [0.1, 0.15) is 0 Å². The average Bonchev–Trinajstić information content (AvgIpc) is 3.42. The monoisotopic (exact) mass is 526 g/mol. The van der Waals surface area contributed by atoms with Gasteiger partial charge in [0.15, 0.2) is 11.0 Å². The molecular formula is C34H34N6+2. The molecule has 0 amide bonds. The summed E-state index contributed by atoms with van der Waals surface area (Å²) in [5.74, 6) is 12.6. The molecule has 0 aliphatic heterocycles. The molecular weight excluding hydrogens is 492 g/mol. The Hall–Kier alpha value is -4.68. The number of para-hydroxylation sites is 4. The first-order chi connectivity index (χ1) is 19.5. The second-order valence-electron chi connectivity index (χ2n) is 10.5. The molecule has 0 aliphatic rings. The lowest BCUT2D eigenvalue weighted by atomic mass is 10.2. The minimum absolute atomic E-state index is 0.815. The Morgan fingerprint density at radius 1 is 0.625 bits per heavy atom. The summed E-state index contributed by atoms with van der Waals surface area (Å²) >= 11 is 0. The molecule has 0 bridgehead atoms. The summed E-state index contributed by atoms with van der Waals surface area (Å²) in [7, 11) is 0. The fourth-order valence-electron chi connectivity index (χ4n) is 5.34. The molecule has 6 nitrogen and oxygen atoms in total. The number of benzene rings is 2. The van der Waals surface area contributed by atoms with Crippen LogP contribution in [0.25, 0.3) is 33.4 Å². The molecule has 6 rings (SSSR count). The van der Waals surface area contributed by atoms with Crippen molar-refractivity contribution < 1.29 is 9.13 Å². The van der Waals surface area contributed by atoms with Gasteiger partial charge in [-0.3, -0.25) is 0 Å². The number of fused-ring (bicyclic) bond motifs is 6. The Kier molecular flexibility index (Phi) is 6.93. The first-order valence-electron chi connectivity index (χ1n) is 14.0. The standard InChI is InChI=1S/C34H34N6/c1-25-23-33-37(29-17-11-13-19-31(29)39(33)35-27(25)3)21-15-9-7-5-6-8-10-16-22-38-30-18-12-14-20-32(30)40-34(38)24-26(2)28(4)36-40/h11-14,17-20,23-24H,9-10,15-16,21-22H2,1-4H3/q+2. The van der Waals surface area contributed by atoms with Crippen molar-refractivity contribution in [2.75, 3.05) is 0 Å². The molecule has 0 atom stereocenters. The minimum Gasteiger partial charge on any atom is -0.221 e. The van der Waals surface area contributed by atoms with Crippen LogP contribution in [-0.4, -0.2) is 19.2 Å². The third-order valence-electron chi connectivity index (χ3n) is 7.73. The Morgan fingerprint density at radius 2 is 1.05 bits per heavy atom. The van der Waals surface area contributed by atoms with Crippen molar-refractivity contribution in [1.29, 1.82) is 0 Å². The van der Waals surface area contributed by atoms with Crippen LogP contribution in [0.2, 0.25) is 0 Å². The van der Waals surface area contributed by atoms with Crippen molar-refractivity contribution in [1.82, 2.24) is 19.2 Å². The molecule has 6 aromatic rings. The number of nitrogens with zero attached hydrogens (tertiary/aromatic N) is 6. The summed E-state index contributed by atoms with van der Waals surface area (Å²) in [5.41, 5.74) is 11.5. The van der Waals surface area contributed by atoms with E-state index in [2.05, 4.69) is 130 Å². The highest BCUT2D eigenvalue weighted by atomic mass is 15.3. The third kappa shape index (κ3) is 4.67. The summed E-state index contributed by atoms with van der Waals surface area (Å²) in [6, 6.07) is 21.4. The van der Waals surface area contributed by atoms with Gasteiger partial charge in [0, 0.05) is 25.0 Å². The highest BCUT2D eigenvalue weighted by molar-refractivity contribution is 5.76. The van der Waals surface area contributed by atoms with E-state index in [0.29, 0.717) is 0 Å². The van der Waals surface area contributed by atoms with Crippen LogP contribution in [0.3, 0.4) is 0 Å². The number of rotatable bonds is 6. The smallest absolute Gasteiger partial charge is 0.221 e. The van der Waals surface area contributed by atoms with Crippen LogP contribution >= 0.6 is 0 Å². The van der Waals surface area contributed by atoms with Gasteiger partial charge >= 0.3 is 11.3 Å². The topological polar surface area (TPSA) is 42.4 Å². The van der Waals surface area contributed by atoms with Crippen LogP contribution in [0.4, 0.5) is 0 Å². The third-order valence-corrected chi connectivity index (χ3v) is 7.73. The molecule has 0 fully saturated rings. The van der Waals surface area contributed by atoms with Gasteiger partial charge in [0.05, 0.1) is 24.5 Å². The quantitative estimate of drug-likeness (QED) is 0.167. The van der Waals surface area contributed by atoms with Crippen LogP contribution in [-0.2, 0) is 13.1 Å². The lowest BCUT2D eigenvalue weighted by Gasteiger charge is -1.99. The van der Waals surface area contributed by atoms with E-state index in [-0.39, 0.29) is 0 Å². The summed E-state index contributed by atoms with van der Waals surface area (Å²) in [6.07, 6.45) is 3.56. The summed E-state index contributed by atoms with van der Waals surface area (Å²) < 4.78 is 8.83. The molecule has 0 aliphatic carbocycles. The van der Waals surface area contributed by atoms with E-state index in [1.165, 1.54) is 22.2 Å². The second-order valence-corrected chi connectivity index (χ2v) is 10.5. The van der Waals surface area contributed by atoms with Crippen LogP contribution in [0.5, 0.6) is 0 Å². The normalized spacial score (nSPS) is 11.2. The maximum Gasteiger partial charge on any atom is 0.308 e. The van der Waals surface area contributed by atoms with E-state index in [0.717, 1.165) is 72.5 Å². The molecule has 0 spiro atoms. The molecule has 4 heterocycles. The maximum absolute atomic E-state index is 4.81. The zero-order chi connectivity index (χ0) is 27.6. The fourth-order valence-corrected chi connectivity index (χ4v) is 5.34. The largest absolute Gasteiger partial charge is 0.308 e. The van der Waals surface area contributed by atoms with E-state index in [4.69, 9.17) is 10.2 Å². The first kappa shape index (κ1) is 25.6. The highest BCUT2D eigenvalue weighted by Crippen LogP contribution is 2.17. The summed E-state index contributed by atoms with van der Waals surface area (Å²) in [4.78, 5) is 0. The van der Waals surface area contributed by atoms with Gasteiger partial charge in [-0.25, -0.2) is 9.13 Å². The molecule has 0 unspecified atom stereocenters. The van der Waals surface area contributed by atoms with E-state index >= 15 is 0 Å². The Labute approximate surface area is 234 Å². The van der Waals surface area contributed by atoms with Crippen molar-refractivity contribution in [2.45, 2.75) is 66.5 Å². The maximum atomic E-state index is 4.81. The number of hydrogen-bond acceptors (Lipinski definition) is 2. The van der Waals surface area contributed by atoms with Crippen molar-refractivity contribution in [3.05, 3.63) is 83.2 Å². The van der Waals surface area contributed by atoms with Crippen LogP contribution in [0.15, 0.2) is 60.7 Å². The minimum atomic E-state index is 0.815. The highest BCUT2D eigenvalue weighted by Gasteiger charge is 2.21. The van der Waals surface area contributed by atoms with Crippen molar-refractivity contribution >= 4 is 33.4 Å². The van der Waals surface area contributed by atoms with Gasteiger partial charge in [-0.05, 0) is 87.8 Å². The molecule has 0 saturated carbocycles. The van der Waals surface area contributed by atoms with E-state index in [9.17, 15) is 0 Å². The second kappa shape index (κ2) is 10.8. The molecule has 198 valence electrons. The Morgan fingerprint density at radius 3 is 1.50 bits per heavy atom. The zero-order valence-corrected chi connectivity index (χ0v) is 23.7. The number of unbranched alkanes of at least 4 members (excludes halogenated alkanes) is 2. The lowest BCUT2D eigenvalue weighted by Crippen LogP contribution is -2.33. The predicted molar refractivity (Wildman–Crippen MR) is 159 cm³/mol. The zero-order valence-electron chi connectivity index (χ0n) is 23.7. The molecule has 6 heteroatoms. The SMILES string of the molecule is Cc1cc2n(nc1C)c1ccccc1[n+]2CCCC#CC#CCCC[n+]1c2ccccc2n2nc(C)c(C)cc21. The number of aryl methyl sites for hydroxylation is 6. The number of imidazole rings is 2. The molecule has 2 aromatic carbocycles. The molecule has 4 aromatic heterocycles. The molecule has 0 saturated heterocycles. The van der Waals surface area contributed by atoms with Gasteiger partial charge in [-0.1, -0.05) is 55.3 Å². The molecule has 40 heavy (non-hydrogen) atoms. The van der Waals surface area contributed by atoms with Gasteiger partial charge in [-0.2, -0.15) is 0 Å². The van der Waals surface area contributed by atoms with Crippen LogP contribution in [0, 0.1) is 51.4 Å². The average molecular weight is 527 g/mol. The fraction of sp³-hybridized carbons (Fsp3) is 0.294. The van der Waals surface area contributed by atoms with Gasteiger partial charge in [0.25, 0.3) is 0 Å². The Balaban J connectivity index is 1.07. The summed E-state index contributed by atoms with van der Waals surface area (Å²) in [6.45, 7) is 10.2. The van der Waals surface area contributed by atoms with E-state index < -0.39 is 0 Å². The number of aromatic nitrogens is 6. The van der Waals surface area contributed by atoms with Crippen molar-refractivity contribution in [3.63, 3.8) is 0 Å². The summed E-state index contributed by atoms with van der Waals surface area (Å²) in [5, 5.41) is 9.63. The van der Waals surface area contributed by atoms with Crippen molar-refractivity contribution in [3.8, 4) is 23.7 Å². The lowest BCUT2D eigenvalue weighted by molar-refractivity contribution is -0.646. The van der Waals surface area contributed by atoms with Crippen molar-refractivity contribution in [2.24, 2.45) is 0 Å². The molecule has 0 radical (unpaired) electrons. The van der Waals surface area contributed by atoms with Gasteiger partial charge in [0.2, 0.25) is 11.0 Å². The van der Waals surface area contributed by atoms with E-state index in [1.807, 2.05) is 0 Å². The number of hydrogen-bond donors (Lipinski definition) is 0. The van der Waals surface area contributed by atoms with Crippen LogP contribution < -0.4 is 9.13 Å². The predicted octanol–water partition coefficient (Wildman–Crippen LogP) is 5.36. The Bertz CT molecular complexity index is 1870. The van der Waals surface area contributed by atoms with Gasteiger partial charge in [-0.15, -0.1) is 0 Å².